The van der Waals surface area contributed by atoms with Crippen LogP contribution < -0.4 is 27.0 Å². The number of nitrogens with two attached hydrogens (primary N) is 1. The molecule has 31 heavy (non-hydrogen) atoms. The number of carbonyl (C=O) groups excluding carboxylic acids is 2. The first-order chi connectivity index (χ1) is 15.0. The van der Waals surface area contributed by atoms with E-state index >= 15 is 0 Å². The highest BCUT2D eigenvalue weighted by atomic mass is 35.5. The predicted octanol–water partition coefficient (Wildman–Crippen LogP) is 2.12. The van der Waals surface area contributed by atoms with Gasteiger partial charge in [0.2, 0.25) is 17.8 Å². The van der Waals surface area contributed by atoms with Gasteiger partial charge in [0.25, 0.3) is 0 Å². The van der Waals surface area contributed by atoms with Gasteiger partial charge in [0, 0.05) is 24.5 Å². The topological polar surface area (TPSA) is 134 Å². The number of aromatic nitrogens is 2. The normalized spacial score (nSPS) is 23.5. The molecule has 0 spiro atoms. The molecule has 162 valence electrons. The van der Waals surface area contributed by atoms with Crippen LogP contribution in [0.5, 0.6) is 0 Å². The molecule has 0 saturated heterocycles. The third kappa shape index (κ3) is 4.47. The maximum Gasteiger partial charge on any atom is 0.238 e. The molecule has 0 unspecified atom stereocenters. The largest absolute Gasteiger partial charge is 0.365 e. The van der Waals surface area contributed by atoms with Crippen molar-refractivity contribution < 1.29 is 9.59 Å². The summed E-state index contributed by atoms with van der Waals surface area (Å²) in [6.07, 6.45) is 6.72. The number of anilines is 4. The van der Waals surface area contributed by atoms with E-state index in [0.717, 1.165) is 6.42 Å². The Balaban J connectivity index is 1.52. The number of halogens is 1. The quantitative estimate of drug-likeness (QED) is 0.415. The molecule has 4 atom stereocenters. The zero-order chi connectivity index (χ0) is 22.0. The lowest BCUT2D eigenvalue weighted by atomic mass is 9.88. The summed E-state index contributed by atoms with van der Waals surface area (Å²) in [6.45, 7) is -0.0950. The second-order valence-corrected chi connectivity index (χ2v) is 8.01. The molecule has 10 heteroatoms. The van der Waals surface area contributed by atoms with E-state index in [1.165, 1.54) is 6.20 Å². The second-order valence-electron chi connectivity index (χ2n) is 7.61. The van der Waals surface area contributed by atoms with Crippen molar-refractivity contribution in [1.29, 1.82) is 0 Å². The smallest absolute Gasteiger partial charge is 0.238 e. The molecule has 4 rings (SSSR count). The number of amides is 2. The van der Waals surface area contributed by atoms with Gasteiger partial charge in [-0.3, -0.25) is 9.59 Å². The van der Waals surface area contributed by atoms with Gasteiger partial charge in [-0.05, 0) is 36.5 Å². The lowest BCUT2D eigenvalue weighted by Gasteiger charge is -2.28. The lowest BCUT2D eigenvalue weighted by Crippen LogP contribution is -2.42. The van der Waals surface area contributed by atoms with E-state index in [0.29, 0.717) is 28.2 Å². The van der Waals surface area contributed by atoms with E-state index in [-0.39, 0.29) is 42.2 Å². The fourth-order valence-corrected chi connectivity index (χ4v) is 4.39. The zero-order valence-electron chi connectivity index (χ0n) is 16.9. The summed E-state index contributed by atoms with van der Waals surface area (Å²) in [7, 11) is 1.65. The Morgan fingerprint density at radius 2 is 2.00 bits per heavy atom. The summed E-state index contributed by atoms with van der Waals surface area (Å²) in [5, 5.41) is 12.3. The van der Waals surface area contributed by atoms with Gasteiger partial charge in [0.1, 0.15) is 5.02 Å². The molecular formula is C21H24ClN7O2. The molecule has 0 radical (unpaired) electrons. The van der Waals surface area contributed by atoms with Crippen LogP contribution in [-0.4, -0.2) is 41.4 Å². The van der Waals surface area contributed by atoms with Gasteiger partial charge in [-0.1, -0.05) is 29.8 Å². The van der Waals surface area contributed by atoms with Gasteiger partial charge < -0.3 is 27.0 Å². The number of allylic oxidation sites excluding steroid dienone is 1. The minimum Gasteiger partial charge on any atom is -0.365 e. The highest BCUT2D eigenvalue weighted by Gasteiger charge is 2.48. The van der Waals surface area contributed by atoms with Crippen molar-refractivity contribution in [2.75, 3.05) is 29.5 Å². The van der Waals surface area contributed by atoms with Crippen LogP contribution in [0, 0.1) is 17.8 Å². The van der Waals surface area contributed by atoms with Crippen molar-refractivity contribution in [1.82, 2.24) is 15.3 Å². The summed E-state index contributed by atoms with van der Waals surface area (Å²) in [5.74, 6) is 0.817. The number of rotatable bonds is 7. The van der Waals surface area contributed by atoms with Crippen LogP contribution in [0.25, 0.3) is 0 Å². The standard InChI is InChI=1S/C21H24ClN7O2/c1-24-20(31)17-11-5-6-12(7-11)18(17)28-19-15(22)10-25-21(29-19)27-14-4-2-3-13(8-14)26-16(30)9-23/h2-6,8,10-12,17-18H,7,9,23H2,1H3,(H,24,31)(H,26,30)(H2,25,27,28,29)/t11-,12+,17+,18-/m1/s1. The molecule has 9 nitrogen and oxygen atoms in total. The highest BCUT2D eigenvalue weighted by molar-refractivity contribution is 6.32. The Morgan fingerprint density at radius 1 is 1.23 bits per heavy atom. The molecule has 1 saturated carbocycles. The second kappa shape index (κ2) is 8.91. The molecule has 2 amide bonds. The predicted molar refractivity (Wildman–Crippen MR) is 120 cm³/mol. The van der Waals surface area contributed by atoms with Gasteiger partial charge in [-0.15, -0.1) is 0 Å². The lowest BCUT2D eigenvalue weighted by molar-refractivity contribution is -0.125. The van der Waals surface area contributed by atoms with Crippen molar-refractivity contribution in [2.45, 2.75) is 12.5 Å². The SMILES string of the molecule is CNC(=O)[C@@H]1[C@H](Nc2nc(Nc3cccc(NC(=O)CN)c3)ncc2Cl)[C@H]2C=C[C@@H]1C2. The molecular weight excluding hydrogens is 418 g/mol. The van der Waals surface area contributed by atoms with Crippen LogP contribution in [0.2, 0.25) is 5.02 Å². The Labute approximate surface area is 184 Å². The minimum absolute atomic E-state index is 0.00854. The van der Waals surface area contributed by atoms with E-state index in [4.69, 9.17) is 17.3 Å². The van der Waals surface area contributed by atoms with Crippen molar-refractivity contribution >= 4 is 46.6 Å². The molecule has 1 aromatic heterocycles. The highest BCUT2D eigenvalue weighted by Crippen LogP contribution is 2.45. The fraction of sp³-hybridized carbons (Fsp3) is 0.333. The van der Waals surface area contributed by atoms with Crippen molar-refractivity contribution in [2.24, 2.45) is 23.5 Å². The van der Waals surface area contributed by atoms with Crippen LogP contribution in [0.4, 0.5) is 23.1 Å². The van der Waals surface area contributed by atoms with Crippen LogP contribution in [0.15, 0.2) is 42.6 Å². The van der Waals surface area contributed by atoms with Gasteiger partial charge >= 0.3 is 0 Å². The van der Waals surface area contributed by atoms with E-state index in [1.807, 2.05) is 6.07 Å². The van der Waals surface area contributed by atoms with Gasteiger partial charge in [-0.2, -0.15) is 4.98 Å². The summed E-state index contributed by atoms with van der Waals surface area (Å²) >= 11 is 6.35. The van der Waals surface area contributed by atoms with Gasteiger partial charge in [0.15, 0.2) is 5.82 Å². The Hall–Kier alpha value is -3.17. The third-order valence-electron chi connectivity index (χ3n) is 5.64. The van der Waals surface area contributed by atoms with E-state index < -0.39 is 0 Å². The van der Waals surface area contributed by atoms with E-state index in [2.05, 4.69) is 43.4 Å². The first-order valence-corrected chi connectivity index (χ1v) is 10.4. The molecule has 1 heterocycles. The van der Waals surface area contributed by atoms with E-state index in [9.17, 15) is 9.59 Å². The molecule has 2 aliphatic carbocycles. The molecule has 2 aromatic rings. The molecule has 1 aromatic carbocycles. The first kappa shape index (κ1) is 21.1. The minimum atomic E-state index is -0.281. The van der Waals surface area contributed by atoms with Gasteiger partial charge in [0.05, 0.1) is 18.7 Å². The Bertz CT molecular complexity index is 1030. The maximum absolute atomic E-state index is 12.4. The molecule has 6 N–H and O–H groups in total. The van der Waals surface area contributed by atoms with Crippen molar-refractivity contribution in [3.63, 3.8) is 0 Å². The van der Waals surface area contributed by atoms with Crippen molar-refractivity contribution in [3.05, 3.63) is 47.6 Å². The Morgan fingerprint density at radius 3 is 2.77 bits per heavy atom. The fourth-order valence-electron chi connectivity index (χ4n) is 4.25. The molecule has 2 bridgehead atoms. The first-order valence-electron chi connectivity index (χ1n) is 10.0. The van der Waals surface area contributed by atoms with E-state index in [1.54, 1.807) is 25.2 Å². The van der Waals surface area contributed by atoms with Crippen molar-refractivity contribution in [3.8, 4) is 0 Å². The Kier molecular flexibility index (Phi) is 6.06. The molecule has 2 aliphatic rings. The third-order valence-corrected chi connectivity index (χ3v) is 5.92. The summed E-state index contributed by atoms with van der Waals surface area (Å²) in [4.78, 5) is 32.7. The number of carbonyl (C=O) groups is 2. The van der Waals surface area contributed by atoms with Crippen LogP contribution in [0.1, 0.15) is 6.42 Å². The number of hydrogen-bond donors (Lipinski definition) is 5. The summed E-state index contributed by atoms with van der Waals surface area (Å²) in [5.41, 5.74) is 6.64. The van der Waals surface area contributed by atoms with Crippen LogP contribution in [-0.2, 0) is 9.59 Å². The maximum atomic E-state index is 12.4. The summed E-state index contributed by atoms with van der Waals surface area (Å²) < 4.78 is 0. The van der Waals surface area contributed by atoms with Crippen LogP contribution in [0.3, 0.4) is 0 Å². The number of benzene rings is 1. The van der Waals surface area contributed by atoms with Crippen LogP contribution >= 0.6 is 11.6 Å². The monoisotopic (exact) mass is 441 g/mol. The zero-order valence-corrected chi connectivity index (χ0v) is 17.7. The number of hydrogen-bond acceptors (Lipinski definition) is 7. The summed E-state index contributed by atoms with van der Waals surface area (Å²) in [6, 6.07) is 7.03. The van der Waals surface area contributed by atoms with Gasteiger partial charge in [-0.25, -0.2) is 4.98 Å². The average molecular weight is 442 g/mol. The number of nitrogens with one attached hydrogen (secondary N) is 4. The number of nitrogens with zero attached hydrogens (tertiary/aromatic N) is 2. The molecule has 0 aliphatic heterocycles. The molecule has 1 fully saturated rings. The number of fused-ring (bicyclic) bond motifs is 2. The average Bonchev–Trinajstić information content (AvgIpc) is 3.37.